The van der Waals surface area contributed by atoms with Gasteiger partial charge in [-0.25, -0.2) is 0 Å². The zero-order valence-corrected chi connectivity index (χ0v) is 9.36. The summed E-state index contributed by atoms with van der Waals surface area (Å²) in [6.45, 7) is 0. The highest BCUT2D eigenvalue weighted by Gasteiger charge is 2.26. The molecule has 0 radical (unpaired) electrons. The number of unbranched alkanes of at least 4 members (excludes halogenated alkanes) is 1. The molecule has 0 aliphatic heterocycles. The quantitative estimate of drug-likeness (QED) is 0.539. The molecule has 1 saturated carbocycles. The van der Waals surface area contributed by atoms with Crippen LogP contribution < -0.4 is 0 Å². The van der Waals surface area contributed by atoms with Crippen molar-refractivity contribution in [2.24, 2.45) is 5.92 Å². The number of aliphatic hydroxyl groups excluding tert-OH is 2. The van der Waals surface area contributed by atoms with Gasteiger partial charge in [0.1, 0.15) is 0 Å². The Balaban J connectivity index is 2.24. The van der Waals surface area contributed by atoms with E-state index in [1.54, 1.807) is 0 Å². The van der Waals surface area contributed by atoms with E-state index < -0.39 is 12.2 Å². The van der Waals surface area contributed by atoms with E-state index in [1.165, 1.54) is 19.3 Å². The summed E-state index contributed by atoms with van der Waals surface area (Å²) in [6.07, 6.45) is 11.9. The van der Waals surface area contributed by atoms with Crippen LogP contribution in [0.2, 0.25) is 0 Å². The highest BCUT2D eigenvalue weighted by atomic mass is 16.3. The van der Waals surface area contributed by atoms with Crippen LogP contribution >= 0.6 is 0 Å². The molecule has 86 valence electrons. The molecule has 0 heterocycles. The SMILES string of the molecule is C#CCCCC(O)C(O)C1CCCCC1. The minimum atomic E-state index is -0.582. The van der Waals surface area contributed by atoms with Gasteiger partial charge in [-0.3, -0.25) is 0 Å². The van der Waals surface area contributed by atoms with Crippen LogP contribution in [-0.2, 0) is 0 Å². The van der Waals surface area contributed by atoms with Crippen LogP contribution in [0.4, 0.5) is 0 Å². The fraction of sp³-hybridized carbons (Fsp3) is 0.846. The highest BCUT2D eigenvalue weighted by Crippen LogP contribution is 2.28. The predicted molar refractivity (Wildman–Crippen MR) is 61.3 cm³/mol. The second-order valence-electron chi connectivity index (χ2n) is 4.55. The van der Waals surface area contributed by atoms with Crippen molar-refractivity contribution in [1.29, 1.82) is 0 Å². The lowest BCUT2D eigenvalue weighted by Crippen LogP contribution is -2.34. The Labute approximate surface area is 92.7 Å². The molecule has 0 bridgehead atoms. The molecule has 0 amide bonds. The summed E-state index contributed by atoms with van der Waals surface area (Å²) in [4.78, 5) is 0. The summed E-state index contributed by atoms with van der Waals surface area (Å²) in [5.74, 6) is 2.85. The summed E-state index contributed by atoms with van der Waals surface area (Å²) >= 11 is 0. The first kappa shape index (κ1) is 12.5. The molecule has 0 saturated heterocycles. The predicted octanol–water partition coefficient (Wildman–Crippen LogP) is 2.09. The van der Waals surface area contributed by atoms with E-state index in [9.17, 15) is 10.2 Å². The third-order valence-electron chi connectivity index (χ3n) is 3.35. The van der Waals surface area contributed by atoms with E-state index in [2.05, 4.69) is 5.92 Å². The van der Waals surface area contributed by atoms with Crippen LogP contribution in [0, 0.1) is 18.3 Å². The van der Waals surface area contributed by atoms with Crippen molar-refractivity contribution in [3.8, 4) is 12.3 Å². The third kappa shape index (κ3) is 4.24. The molecule has 2 heteroatoms. The topological polar surface area (TPSA) is 40.5 Å². The van der Waals surface area contributed by atoms with Crippen LogP contribution in [0.5, 0.6) is 0 Å². The van der Waals surface area contributed by atoms with Crippen molar-refractivity contribution in [1.82, 2.24) is 0 Å². The smallest absolute Gasteiger partial charge is 0.0827 e. The first-order chi connectivity index (χ1) is 7.25. The Morgan fingerprint density at radius 3 is 2.47 bits per heavy atom. The molecule has 15 heavy (non-hydrogen) atoms. The fourth-order valence-electron chi connectivity index (χ4n) is 2.37. The lowest BCUT2D eigenvalue weighted by molar-refractivity contribution is -0.0310. The van der Waals surface area contributed by atoms with Gasteiger partial charge in [-0.15, -0.1) is 12.3 Å². The average Bonchev–Trinajstić information content (AvgIpc) is 2.29. The molecule has 0 aromatic rings. The van der Waals surface area contributed by atoms with Crippen molar-refractivity contribution in [2.75, 3.05) is 0 Å². The maximum absolute atomic E-state index is 9.94. The van der Waals surface area contributed by atoms with Crippen molar-refractivity contribution < 1.29 is 10.2 Å². The van der Waals surface area contributed by atoms with Gasteiger partial charge in [-0.2, -0.15) is 0 Å². The van der Waals surface area contributed by atoms with Crippen LogP contribution in [0.25, 0.3) is 0 Å². The molecule has 2 atom stereocenters. The van der Waals surface area contributed by atoms with Crippen molar-refractivity contribution in [2.45, 2.75) is 63.6 Å². The zero-order chi connectivity index (χ0) is 11.1. The fourth-order valence-corrected chi connectivity index (χ4v) is 2.37. The van der Waals surface area contributed by atoms with Gasteiger partial charge in [0.2, 0.25) is 0 Å². The maximum Gasteiger partial charge on any atom is 0.0827 e. The Morgan fingerprint density at radius 1 is 1.20 bits per heavy atom. The molecule has 0 spiro atoms. The second-order valence-corrected chi connectivity index (χ2v) is 4.55. The minimum absolute atomic E-state index is 0.305. The van der Waals surface area contributed by atoms with Crippen molar-refractivity contribution in [3.63, 3.8) is 0 Å². The van der Waals surface area contributed by atoms with Gasteiger partial charge >= 0.3 is 0 Å². The van der Waals surface area contributed by atoms with Crippen LogP contribution in [0.1, 0.15) is 51.4 Å². The Hall–Kier alpha value is -0.520. The van der Waals surface area contributed by atoms with E-state index in [-0.39, 0.29) is 0 Å². The summed E-state index contributed by atoms with van der Waals surface area (Å²) < 4.78 is 0. The monoisotopic (exact) mass is 210 g/mol. The number of hydrogen-bond donors (Lipinski definition) is 2. The summed E-state index contributed by atoms with van der Waals surface area (Å²) in [6, 6.07) is 0. The number of hydrogen-bond acceptors (Lipinski definition) is 2. The normalized spacial score (nSPS) is 21.9. The molecule has 1 fully saturated rings. The first-order valence-corrected chi connectivity index (χ1v) is 6.05. The molecule has 0 aromatic carbocycles. The lowest BCUT2D eigenvalue weighted by atomic mass is 9.82. The molecule has 2 unspecified atom stereocenters. The third-order valence-corrected chi connectivity index (χ3v) is 3.35. The average molecular weight is 210 g/mol. The van der Waals surface area contributed by atoms with Crippen molar-refractivity contribution >= 4 is 0 Å². The number of terminal acetylenes is 1. The Morgan fingerprint density at radius 2 is 1.87 bits per heavy atom. The highest BCUT2D eigenvalue weighted by molar-refractivity contribution is 4.85. The molecule has 0 aromatic heterocycles. The lowest BCUT2D eigenvalue weighted by Gasteiger charge is -2.29. The molecule has 2 N–H and O–H groups in total. The van der Waals surface area contributed by atoms with Gasteiger partial charge in [0.25, 0.3) is 0 Å². The molecular formula is C13H22O2. The Kier molecular flexibility index (Phi) is 5.75. The van der Waals surface area contributed by atoms with E-state index in [0.29, 0.717) is 18.8 Å². The maximum atomic E-state index is 9.94. The molecule has 1 aliphatic carbocycles. The van der Waals surface area contributed by atoms with E-state index in [1.807, 2.05) is 0 Å². The molecular weight excluding hydrogens is 188 g/mol. The summed E-state index contributed by atoms with van der Waals surface area (Å²) in [5, 5.41) is 19.7. The van der Waals surface area contributed by atoms with Gasteiger partial charge in [-0.05, 0) is 31.6 Å². The first-order valence-electron chi connectivity index (χ1n) is 6.05. The summed E-state index contributed by atoms with van der Waals surface area (Å²) in [7, 11) is 0. The van der Waals surface area contributed by atoms with E-state index in [4.69, 9.17) is 6.42 Å². The van der Waals surface area contributed by atoms with Gasteiger partial charge in [0.05, 0.1) is 12.2 Å². The zero-order valence-electron chi connectivity index (χ0n) is 9.36. The van der Waals surface area contributed by atoms with Crippen LogP contribution in [0.3, 0.4) is 0 Å². The summed E-state index contributed by atoms with van der Waals surface area (Å²) in [5.41, 5.74) is 0. The van der Waals surface area contributed by atoms with Gasteiger partial charge in [0, 0.05) is 6.42 Å². The van der Waals surface area contributed by atoms with Crippen LogP contribution in [-0.4, -0.2) is 22.4 Å². The number of rotatable bonds is 5. The Bertz CT molecular complexity index is 201. The van der Waals surface area contributed by atoms with Gasteiger partial charge in [-0.1, -0.05) is 19.3 Å². The molecule has 1 rings (SSSR count). The van der Waals surface area contributed by atoms with E-state index >= 15 is 0 Å². The second kappa shape index (κ2) is 6.87. The molecule has 2 nitrogen and oxygen atoms in total. The standard InChI is InChI=1S/C13H22O2/c1-2-3-5-10-12(14)13(15)11-8-6-4-7-9-11/h1,11-15H,3-10H2. The number of aliphatic hydroxyl groups is 2. The largest absolute Gasteiger partial charge is 0.390 e. The van der Waals surface area contributed by atoms with Crippen LogP contribution in [0.15, 0.2) is 0 Å². The van der Waals surface area contributed by atoms with Gasteiger partial charge in [0.15, 0.2) is 0 Å². The minimum Gasteiger partial charge on any atom is -0.390 e. The van der Waals surface area contributed by atoms with Gasteiger partial charge < -0.3 is 10.2 Å². The van der Waals surface area contributed by atoms with Crippen molar-refractivity contribution in [3.05, 3.63) is 0 Å². The van der Waals surface area contributed by atoms with E-state index in [0.717, 1.165) is 19.3 Å². The molecule has 1 aliphatic rings.